The average Bonchev–Trinajstić information content (AvgIpc) is 2.68. The Bertz CT molecular complexity index is 336. The second-order valence-corrected chi connectivity index (χ2v) is 6.42. The molecular formula is C15H29N3. The molecule has 1 aromatic rings. The van der Waals surface area contributed by atoms with Crippen LogP contribution < -0.4 is 5.32 Å². The van der Waals surface area contributed by atoms with E-state index >= 15 is 0 Å². The predicted octanol–water partition coefficient (Wildman–Crippen LogP) is 3.68. The molecule has 1 rings (SSSR count). The Morgan fingerprint density at radius 1 is 1.39 bits per heavy atom. The first kappa shape index (κ1) is 15.2. The van der Waals surface area contributed by atoms with Gasteiger partial charge in [-0.2, -0.15) is 0 Å². The first-order valence-electron chi connectivity index (χ1n) is 7.13. The van der Waals surface area contributed by atoms with Crippen molar-refractivity contribution in [2.75, 3.05) is 6.54 Å². The molecule has 104 valence electrons. The van der Waals surface area contributed by atoms with E-state index in [0.29, 0.717) is 11.5 Å². The van der Waals surface area contributed by atoms with Gasteiger partial charge < -0.3 is 9.88 Å². The molecule has 0 saturated carbocycles. The van der Waals surface area contributed by atoms with E-state index < -0.39 is 0 Å². The van der Waals surface area contributed by atoms with Crippen LogP contribution in [0, 0.1) is 5.41 Å². The first-order chi connectivity index (χ1) is 8.42. The number of hydrogen-bond acceptors (Lipinski definition) is 2. The second-order valence-electron chi connectivity index (χ2n) is 6.42. The van der Waals surface area contributed by atoms with Crippen molar-refractivity contribution < 1.29 is 0 Å². The largest absolute Gasteiger partial charge is 0.340 e. The maximum atomic E-state index is 4.48. The highest BCUT2D eigenvalue weighted by Gasteiger charge is 2.15. The highest BCUT2D eigenvalue weighted by Crippen LogP contribution is 2.25. The predicted molar refractivity (Wildman–Crippen MR) is 77.5 cm³/mol. The molecule has 3 nitrogen and oxygen atoms in total. The van der Waals surface area contributed by atoms with Gasteiger partial charge in [-0.15, -0.1) is 0 Å². The van der Waals surface area contributed by atoms with Gasteiger partial charge in [-0.05, 0) is 31.2 Å². The normalized spacial score (nSPS) is 13.8. The van der Waals surface area contributed by atoms with Gasteiger partial charge >= 0.3 is 0 Å². The molecule has 0 aromatic carbocycles. The number of aromatic nitrogens is 2. The van der Waals surface area contributed by atoms with Crippen molar-refractivity contribution in [3.05, 3.63) is 18.2 Å². The molecule has 0 fully saturated rings. The number of aryl methyl sites for hydroxylation is 1. The Labute approximate surface area is 112 Å². The number of nitrogens with one attached hydrogen (secondary N) is 1. The maximum absolute atomic E-state index is 4.48. The zero-order valence-corrected chi connectivity index (χ0v) is 12.7. The van der Waals surface area contributed by atoms with E-state index in [2.05, 4.69) is 44.2 Å². The van der Waals surface area contributed by atoms with Crippen LogP contribution in [0.1, 0.15) is 65.1 Å². The third-order valence-corrected chi connectivity index (χ3v) is 3.14. The van der Waals surface area contributed by atoms with Crippen LogP contribution in [0.4, 0.5) is 0 Å². The standard InChI is InChI=1S/C15H29N3/c1-6-10-16-13(8-7-9-15(2,3)4)14-11-18(5)12-17-14/h11-13,16H,6-10H2,1-5H3. The summed E-state index contributed by atoms with van der Waals surface area (Å²) in [5, 5.41) is 3.61. The summed E-state index contributed by atoms with van der Waals surface area (Å²) in [6.07, 6.45) is 8.88. The molecule has 0 saturated heterocycles. The molecule has 0 amide bonds. The van der Waals surface area contributed by atoms with Crippen molar-refractivity contribution in [2.45, 2.75) is 59.4 Å². The summed E-state index contributed by atoms with van der Waals surface area (Å²) >= 11 is 0. The molecule has 0 bridgehead atoms. The first-order valence-corrected chi connectivity index (χ1v) is 7.13. The molecule has 1 N–H and O–H groups in total. The maximum Gasteiger partial charge on any atom is 0.0947 e. The smallest absolute Gasteiger partial charge is 0.0947 e. The number of nitrogens with zero attached hydrogens (tertiary/aromatic N) is 2. The van der Waals surface area contributed by atoms with E-state index in [1.54, 1.807) is 0 Å². The molecule has 18 heavy (non-hydrogen) atoms. The molecule has 1 unspecified atom stereocenters. The summed E-state index contributed by atoms with van der Waals surface area (Å²) in [4.78, 5) is 4.48. The zero-order valence-electron chi connectivity index (χ0n) is 12.7. The third kappa shape index (κ3) is 5.67. The van der Waals surface area contributed by atoms with Crippen molar-refractivity contribution >= 4 is 0 Å². The van der Waals surface area contributed by atoms with Crippen LogP contribution in [0.5, 0.6) is 0 Å². The summed E-state index contributed by atoms with van der Waals surface area (Å²) in [5.74, 6) is 0. The van der Waals surface area contributed by atoms with Crippen molar-refractivity contribution in [1.29, 1.82) is 0 Å². The van der Waals surface area contributed by atoms with Crippen molar-refractivity contribution in [3.8, 4) is 0 Å². The van der Waals surface area contributed by atoms with Gasteiger partial charge in [-0.3, -0.25) is 0 Å². The second kappa shape index (κ2) is 6.93. The van der Waals surface area contributed by atoms with E-state index in [1.165, 1.54) is 31.4 Å². The summed E-state index contributed by atoms with van der Waals surface area (Å²) < 4.78 is 2.03. The Morgan fingerprint density at radius 3 is 2.61 bits per heavy atom. The molecule has 1 atom stereocenters. The van der Waals surface area contributed by atoms with Crippen molar-refractivity contribution in [2.24, 2.45) is 12.5 Å². The van der Waals surface area contributed by atoms with Crippen LogP contribution in [0.25, 0.3) is 0 Å². The van der Waals surface area contributed by atoms with Gasteiger partial charge in [0.1, 0.15) is 0 Å². The summed E-state index contributed by atoms with van der Waals surface area (Å²) in [5.41, 5.74) is 1.61. The van der Waals surface area contributed by atoms with Gasteiger partial charge in [0.2, 0.25) is 0 Å². The van der Waals surface area contributed by atoms with Crippen molar-refractivity contribution in [1.82, 2.24) is 14.9 Å². The Morgan fingerprint density at radius 2 is 2.11 bits per heavy atom. The summed E-state index contributed by atoms with van der Waals surface area (Å²) in [6.45, 7) is 10.2. The Hall–Kier alpha value is -0.830. The lowest BCUT2D eigenvalue weighted by atomic mass is 9.88. The van der Waals surface area contributed by atoms with E-state index in [0.717, 1.165) is 6.54 Å². The van der Waals surface area contributed by atoms with E-state index in [-0.39, 0.29) is 0 Å². The van der Waals surface area contributed by atoms with Crippen LogP contribution in [0.15, 0.2) is 12.5 Å². The molecule has 0 radical (unpaired) electrons. The highest BCUT2D eigenvalue weighted by atomic mass is 15.0. The highest BCUT2D eigenvalue weighted by molar-refractivity contribution is 5.03. The average molecular weight is 251 g/mol. The minimum absolute atomic E-state index is 0.411. The topological polar surface area (TPSA) is 29.9 Å². The zero-order chi connectivity index (χ0) is 13.6. The molecule has 0 aliphatic carbocycles. The van der Waals surface area contributed by atoms with E-state index in [9.17, 15) is 0 Å². The Balaban J connectivity index is 2.51. The van der Waals surface area contributed by atoms with Crippen LogP contribution in [0.3, 0.4) is 0 Å². The number of imidazole rings is 1. The lowest BCUT2D eigenvalue weighted by Crippen LogP contribution is -2.23. The molecule has 3 heteroatoms. The lowest BCUT2D eigenvalue weighted by molar-refractivity contribution is 0.342. The molecule has 1 aromatic heterocycles. The fraction of sp³-hybridized carbons (Fsp3) is 0.800. The minimum Gasteiger partial charge on any atom is -0.340 e. The van der Waals surface area contributed by atoms with Crippen molar-refractivity contribution in [3.63, 3.8) is 0 Å². The van der Waals surface area contributed by atoms with Gasteiger partial charge in [-0.1, -0.05) is 34.1 Å². The van der Waals surface area contributed by atoms with Gasteiger partial charge in [0.15, 0.2) is 0 Å². The fourth-order valence-corrected chi connectivity index (χ4v) is 2.12. The molecular weight excluding hydrogens is 222 g/mol. The van der Waals surface area contributed by atoms with Gasteiger partial charge in [0.05, 0.1) is 18.1 Å². The van der Waals surface area contributed by atoms with Crippen LogP contribution in [-0.2, 0) is 7.05 Å². The van der Waals surface area contributed by atoms with Crippen LogP contribution >= 0.6 is 0 Å². The summed E-state index contributed by atoms with van der Waals surface area (Å²) in [6, 6.07) is 0.411. The van der Waals surface area contributed by atoms with Gasteiger partial charge in [0, 0.05) is 13.2 Å². The Kier molecular flexibility index (Phi) is 5.86. The van der Waals surface area contributed by atoms with Gasteiger partial charge in [-0.25, -0.2) is 4.98 Å². The lowest BCUT2D eigenvalue weighted by Gasteiger charge is -2.21. The third-order valence-electron chi connectivity index (χ3n) is 3.14. The molecule has 0 aliphatic heterocycles. The monoisotopic (exact) mass is 251 g/mol. The van der Waals surface area contributed by atoms with Crippen LogP contribution in [-0.4, -0.2) is 16.1 Å². The number of hydrogen-bond donors (Lipinski definition) is 1. The van der Waals surface area contributed by atoms with E-state index in [4.69, 9.17) is 0 Å². The summed E-state index contributed by atoms with van der Waals surface area (Å²) in [7, 11) is 2.03. The minimum atomic E-state index is 0.411. The quantitative estimate of drug-likeness (QED) is 0.801. The molecule has 0 spiro atoms. The molecule has 0 aliphatic rings. The van der Waals surface area contributed by atoms with E-state index in [1.807, 2.05) is 17.9 Å². The number of rotatable bonds is 7. The van der Waals surface area contributed by atoms with Crippen LogP contribution in [0.2, 0.25) is 0 Å². The molecule has 1 heterocycles. The SMILES string of the molecule is CCCNC(CCCC(C)(C)C)c1cn(C)cn1. The fourth-order valence-electron chi connectivity index (χ4n) is 2.12. The van der Waals surface area contributed by atoms with Gasteiger partial charge in [0.25, 0.3) is 0 Å².